The molecule has 200 valence electrons. The Balaban J connectivity index is 1.11. The Hall–Kier alpha value is -5.44. The maximum Gasteiger partial charge on any atom is 0.206 e. The zero-order chi connectivity index (χ0) is 27.3. The van der Waals surface area contributed by atoms with Gasteiger partial charge in [0.15, 0.2) is 17.3 Å². The number of hydrogen-bond acceptors (Lipinski definition) is 11. The highest BCUT2D eigenvalue weighted by Gasteiger charge is 2.20. The summed E-state index contributed by atoms with van der Waals surface area (Å²) in [6, 6.07) is 14.6. The Morgan fingerprint density at radius 3 is 2.73 bits per heavy atom. The van der Waals surface area contributed by atoms with Gasteiger partial charge in [0.2, 0.25) is 5.82 Å². The van der Waals surface area contributed by atoms with Crippen LogP contribution in [0.25, 0.3) is 16.9 Å². The lowest BCUT2D eigenvalue weighted by Crippen LogP contribution is -2.31. The van der Waals surface area contributed by atoms with E-state index in [0.717, 1.165) is 49.8 Å². The molecule has 0 radical (unpaired) electrons. The molecular weight excluding hydrogens is 506 g/mol. The van der Waals surface area contributed by atoms with E-state index in [-0.39, 0.29) is 5.75 Å². The van der Waals surface area contributed by atoms with E-state index in [2.05, 4.69) is 57.2 Å². The highest BCUT2D eigenvalue weighted by atomic mass is 16.3. The largest absolute Gasteiger partial charge is 0.507 e. The minimum atomic E-state index is 0.153. The van der Waals surface area contributed by atoms with Gasteiger partial charge < -0.3 is 26.0 Å². The van der Waals surface area contributed by atoms with Crippen molar-refractivity contribution in [2.24, 2.45) is 0 Å². The summed E-state index contributed by atoms with van der Waals surface area (Å²) in [6.07, 6.45) is 6.21. The van der Waals surface area contributed by atoms with E-state index in [1.165, 1.54) is 0 Å². The molecular formula is C28H27N11O. The van der Waals surface area contributed by atoms with E-state index in [1.807, 2.05) is 42.6 Å². The second-order valence-electron chi connectivity index (χ2n) is 9.19. The minimum absolute atomic E-state index is 0.153. The van der Waals surface area contributed by atoms with E-state index in [1.54, 1.807) is 29.0 Å². The van der Waals surface area contributed by atoms with Crippen LogP contribution < -0.4 is 20.9 Å². The molecule has 0 spiro atoms. The lowest BCUT2D eigenvalue weighted by atomic mass is 10.1. The van der Waals surface area contributed by atoms with Gasteiger partial charge in [0, 0.05) is 56.4 Å². The summed E-state index contributed by atoms with van der Waals surface area (Å²) < 4.78 is 1.71. The summed E-state index contributed by atoms with van der Waals surface area (Å²) in [5.74, 6) is 8.62. The van der Waals surface area contributed by atoms with Gasteiger partial charge in [-0.2, -0.15) is 0 Å². The first kappa shape index (κ1) is 24.9. The number of anilines is 4. The number of nitrogens with two attached hydrogens (primary N) is 1. The van der Waals surface area contributed by atoms with Gasteiger partial charge in [-0.05, 0) is 42.7 Å². The summed E-state index contributed by atoms with van der Waals surface area (Å²) in [6.45, 7) is 3.49. The molecule has 5 heterocycles. The molecule has 0 amide bonds. The molecule has 5 aromatic rings. The highest BCUT2D eigenvalue weighted by molar-refractivity contribution is 5.74. The maximum absolute atomic E-state index is 10.3. The fraction of sp³-hybridized carbons (Fsp3) is 0.214. The van der Waals surface area contributed by atoms with Crippen LogP contribution in [0, 0.1) is 11.8 Å². The van der Waals surface area contributed by atoms with Crippen molar-refractivity contribution in [3.05, 3.63) is 72.9 Å². The van der Waals surface area contributed by atoms with Crippen LogP contribution in [-0.4, -0.2) is 72.6 Å². The summed E-state index contributed by atoms with van der Waals surface area (Å²) in [4.78, 5) is 17.7. The zero-order valence-electron chi connectivity index (χ0n) is 21.6. The Bertz CT molecular complexity index is 1670. The quantitative estimate of drug-likeness (QED) is 0.286. The number of hydrogen-bond donors (Lipinski definition) is 3. The number of rotatable bonds is 5. The molecule has 0 bridgehead atoms. The third kappa shape index (κ3) is 5.39. The monoisotopic (exact) mass is 533 g/mol. The first-order valence-corrected chi connectivity index (χ1v) is 12.9. The SMILES string of the molecule is Nc1nnc(-c2ccccc2O)cc1N1CCCN(c2ccnc(C#CCNc3cc4ncccn4n3)n2)CC1. The van der Waals surface area contributed by atoms with E-state index >= 15 is 0 Å². The Labute approximate surface area is 230 Å². The fourth-order valence-corrected chi connectivity index (χ4v) is 4.61. The molecule has 6 rings (SSSR count). The number of aromatic nitrogens is 7. The standard InChI is InChI=1S/C28H27N11O/c29-28-22(18-21(34-35-28)20-6-1-2-7-23(20)40)37-13-5-14-38(17-16-37)26-9-12-31-24(33-26)8-3-10-30-25-19-27-32-11-4-15-39(27)36-25/h1-2,4,6-7,9,11-12,15,18-19,40H,5,10,13-14,16-17H2,(H2,29,35)(H,30,36). The molecule has 0 unspecified atom stereocenters. The topological polar surface area (TPSA) is 147 Å². The Morgan fingerprint density at radius 1 is 0.950 bits per heavy atom. The smallest absolute Gasteiger partial charge is 0.206 e. The van der Waals surface area contributed by atoms with Gasteiger partial charge in [-0.3, -0.25) is 0 Å². The Kier molecular flexibility index (Phi) is 6.92. The predicted octanol–water partition coefficient (Wildman–Crippen LogP) is 2.44. The van der Waals surface area contributed by atoms with Crippen LogP contribution in [0.3, 0.4) is 0 Å². The van der Waals surface area contributed by atoms with Gasteiger partial charge in [0.1, 0.15) is 11.6 Å². The molecule has 40 heavy (non-hydrogen) atoms. The molecule has 1 aliphatic heterocycles. The number of phenols is 1. The molecule has 12 heteroatoms. The molecule has 0 atom stereocenters. The number of nitrogen functional groups attached to an aromatic ring is 1. The molecule has 0 saturated carbocycles. The van der Waals surface area contributed by atoms with Crippen molar-refractivity contribution in [2.45, 2.75) is 6.42 Å². The normalized spacial score (nSPS) is 13.5. The van der Waals surface area contributed by atoms with Gasteiger partial charge >= 0.3 is 0 Å². The van der Waals surface area contributed by atoms with Crippen molar-refractivity contribution in [1.82, 2.24) is 34.8 Å². The van der Waals surface area contributed by atoms with Crippen LogP contribution in [0.5, 0.6) is 5.75 Å². The lowest BCUT2D eigenvalue weighted by Gasteiger charge is -2.25. The average molecular weight is 534 g/mol. The van der Waals surface area contributed by atoms with Crippen LogP contribution in [0.1, 0.15) is 12.2 Å². The summed E-state index contributed by atoms with van der Waals surface area (Å²) >= 11 is 0. The van der Waals surface area contributed by atoms with Crippen molar-refractivity contribution >= 4 is 28.8 Å². The zero-order valence-corrected chi connectivity index (χ0v) is 21.6. The second kappa shape index (κ2) is 11.1. The van der Waals surface area contributed by atoms with Crippen molar-refractivity contribution in [3.8, 4) is 28.8 Å². The number of phenolic OH excluding ortho intramolecular Hbond substituents is 1. The second-order valence-corrected chi connectivity index (χ2v) is 9.19. The van der Waals surface area contributed by atoms with Crippen molar-refractivity contribution in [2.75, 3.05) is 53.6 Å². The minimum Gasteiger partial charge on any atom is -0.507 e. The van der Waals surface area contributed by atoms with Crippen LogP contribution in [0.4, 0.5) is 23.1 Å². The van der Waals surface area contributed by atoms with Crippen LogP contribution >= 0.6 is 0 Å². The molecule has 1 aliphatic rings. The van der Waals surface area contributed by atoms with E-state index in [0.29, 0.717) is 35.3 Å². The summed E-state index contributed by atoms with van der Waals surface area (Å²) in [5.41, 5.74) is 9.00. The molecule has 1 saturated heterocycles. The average Bonchev–Trinajstić information content (AvgIpc) is 3.24. The fourth-order valence-electron chi connectivity index (χ4n) is 4.61. The number of nitrogens with zero attached hydrogens (tertiary/aromatic N) is 9. The third-order valence-electron chi connectivity index (χ3n) is 6.58. The van der Waals surface area contributed by atoms with Crippen molar-refractivity contribution in [3.63, 3.8) is 0 Å². The first-order chi connectivity index (χ1) is 19.6. The first-order valence-electron chi connectivity index (χ1n) is 12.9. The number of fused-ring (bicyclic) bond motifs is 1. The molecule has 12 nitrogen and oxygen atoms in total. The van der Waals surface area contributed by atoms with Gasteiger partial charge in [-0.1, -0.05) is 18.1 Å². The molecule has 0 aliphatic carbocycles. The number of para-hydroxylation sites is 1. The lowest BCUT2D eigenvalue weighted by molar-refractivity contribution is 0.477. The number of benzene rings is 1. The molecule has 4 N–H and O–H groups in total. The predicted molar refractivity (Wildman–Crippen MR) is 153 cm³/mol. The van der Waals surface area contributed by atoms with Crippen molar-refractivity contribution in [1.29, 1.82) is 0 Å². The highest BCUT2D eigenvalue weighted by Crippen LogP contribution is 2.31. The van der Waals surface area contributed by atoms with Crippen LogP contribution in [0.2, 0.25) is 0 Å². The van der Waals surface area contributed by atoms with Crippen molar-refractivity contribution < 1.29 is 5.11 Å². The van der Waals surface area contributed by atoms with E-state index < -0.39 is 0 Å². The van der Waals surface area contributed by atoms with Gasteiger partial charge in [-0.25, -0.2) is 19.5 Å². The Morgan fingerprint density at radius 2 is 1.82 bits per heavy atom. The van der Waals surface area contributed by atoms with Gasteiger partial charge in [-0.15, -0.1) is 15.3 Å². The van der Waals surface area contributed by atoms with E-state index in [4.69, 9.17) is 5.73 Å². The van der Waals surface area contributed by atoms with Gasteiger partial charge in [0.05, 0.1) is 17.9 Å². The summed E-state index contributed by atoms with van der Waals surface area (Å²) in [5, 5.41) is 26.2. The van der Waals surface area contributed by atoms with Gasteiger partial charge in [0.25, 0.3) is 0 Å². The molecule has 4 aromatic heterocycles. The maximum atomic E-state index is 10.3. The molecule has 1 aromatic carbocycles. The van der Waals surface area contributed by atoms with Crippen LogP contribution in [-0.2, 0) is 0 Å². The number of nitrogens with one attached hydrogen (secondary N) is 1. The van der Waals surface area contributed by atoms with E-state index in [9.17, 15) is 5.11 Å². The third-order valence-corrected chi connectivity index (χ3v) is 6.58. The molecule has 1 fully saturated rings. The summed E-state index contributed by atoms with van der Waals surface area (Å²) in [7, 11) is 0. The van der Waals surface area contributed by atoms with Crippen LogP contribution in [0.15, 0.2) is 67.1 Å². The number of aromatic hydroxyl groups is 1.